The maximum atomic E-state index is 13.6. The highest BCUT2D eigenvalue weighted by Crippen LogP contribution is 2.32. The number of carbonyl (C=O) groups excluding carboxylic acids is 4. The SMILES string of the molecule is CSc1nn([C@@H]2O[C@H](COC(C)=O)[C@H](OC(C)=O)[C@@H](OC(C)=O)[C@H]2NC(C)=O)c(=O)n1-c1ccccc1. The fourth-order valence-corrected chi connectivity index (χ4v) is 4.51. The van der Waals surface area contributed by atoms with E-state index >= 15 is 0 Å². The summed E-state index contributed by atoms with van der Waals surface area (Å²) < 4.78 is 24.5. The second kappa shape index (κ2) is 12.1. The molecule has 0 radical (unpaired) electrons. The monoisotopic (exact) mass is 536 g/mol. The number of esters is 3. The minimum Gasteiger partial charge on any atom is -0.463 e. The molecule has 0 saturated carbocycles. The maximum absolute atomic E-state index is 13.6. The minimum atomic E-state index is -1.33. The van der Waals surface area contributed by atoms with Crippen LogP contribution in [0.15, 0.2) is 40.3 Å². The van der Waals surface area contributed by atoms with Crippen LogP contribution in [0.25, 0.3) is 5.69 Å². The Morgan fingerprint density at radius 2 is 1.62 bits per heavy atom. The highest BCUT2D eigenvalue weighted by Gasteiger charge is 2.52. The summed E-state index contributed by atoms with van der Waals surface area (Å²) in [7, 11) is 0. The van der Waals surface area contributed by atoms with Gasteiger partial charge in [-0.05, 0) is 18.4 Å². The first kappa shape index (κ1) is 27.9. The van der Waals surface area contributed by atoms with Gasteiger partial charge in [0.1, 0.15) is 18.8 Å². The fraction of sp³-hybridized carbons (Fsp3) is 0.478. The Hall–Kier alpha value is -3.65. The van der Waals surface area contributed by atoms with E-state index in [1.54, 1.807) is 36.6 Å². The summed E-state index contributed by atoms with van der Waals surface area (Å²) in [5, 5.41) is 7.37. The molecular formula is C23H28N4O9S. The largest absolute Gasteiger partial charge is 0.463 e. The Bertz CT molecular complexity index is 1210. The summed E-state index contributed by atoms with van der Waals surface area (Å²) in [5.74, 6) is -2.63. The summed E-state index contributed by atoms with van der Waals surface area (Å²) >= 11 is 1.20. The second-order valence-corrected chi connectivity index (χ2v) is 8.90. The molecule has 0 unspecified atom stereocenters. The van der Waals surface area contributed by atoms with Crippen molar-refractivity contribution in [2.45, 2.75) is 63.4 Å². The number of aromatic nitrogens is 3. The Kier molecular flexibility index (Phi) is 9.10. The van der Waals surface area contributed by atoms with Gasteiger partial charge in [-0.25, -0.2) is 9.36 Å². The zero-order chi connectivity index (χ0) is 27.3. The van der Waals surface area contributed by atoms with Gasteiger partial charge >= 0.3 is 23.6 Å². The summed E-state index contributed by atoms with van der Waals surface area (Å²) in [6.45, 7) is 4.30. The van der Waals surface area contributed by atoms with E-state index in [0.29, 0.717) is 10.8 Å². The van der Waals surface area contributed by atoms with Gasteiger partial charge in [-0.15, -0.1) is 5.10 Å². The van der Waals surface area contributed by atoms with Gasteiger partial charge in [0.05, 0.1) is 5.69 Å². The quantitative estimate of drug-likeness (QED) is 0.286. The van der Waals surface area contributed by atoms with Crippen LogP contribution in [0.4, 0.5) is 0 Å². The standard InChI is InChI=1S/C23H28N4O9S/c1-12(28)24-18-20(35-15(4)31)19(34-14(3)30)17(11-33-13(2)29)36-21(18)27-23(32)26(22(25-27)37-5)16-9-7-6-8-10-16/h6-10,17-21H,11H2,1-5H3,(H,24,28)/t17-,18-,19+,20+,21-/m1/s1. The topological polar surface area (TPSA) is 157 Å². The van der Waals surface area contributed by atoms with Crippen molar-refractivity contribution in [1.29, 1.82) is 0 Å². The molecule has 200 valence electrons. The third-order valence-electron chi connectivity index (χ3n) is 5.30. The Balaban J connectivity index is 2.18. The lowest BCUT2D eigenvalue weighted by molar-refractivity contribution is -0.239. The van der Waals surface area contributed by atoms with E-state index in [-0.39, 0.29) is 0 Å². The molecule has 13 nitrogen and oxygen atoms in total. The van der Waals surface area contributed by atoms with Gasteiger partial charge in [0.25, 0.3) is 0 Å². The van der Waals surface area contributed by atoms with Crippen LogP contribution in [0.3, 0.4) is 0 Å². The lowest BCUT2D eigenvalue weighted by Gasteiger charge is -2.44. The van der Waals surface area contributed by atoms with Crippen molar-refractivity contribution >= 4 is 35.6 Å². The van der Waals surface area contributed by atoms with Crippen molar-refractivity contribution in [2.24, 2.45) is 0 Å². The minimum absolute atomic E-state index is 0.323. The van der Waals surface area contributed by atoms with Gasteiger partial charge in [-0.1, -0.05) is 30.0 Å². The number of rotatable bonds is 8. The van der Waals surface area contributed by atoms with Crippen LogP contribution < -0.4 is 11.0 Å². The second-order valence-electron chi connectivity index (χ2n) is 8.13. The van der Waals surface area contributed by atoms with Crippen LogP contribution in [0.5, 0.6) is 0 Å². The van der Waals surface area contributed by atoms with Crippen molar-refractivity contribution in [3.8, 4) is 5.69 Å². The number of hydrogen-bond donors (Lipinski definition) is 1. The lowest BCUT2D eigenvalue weighted by atomic mass is 9.95. The first-order chi connectivity index (χ1) is 17.5. The molecule has 5 atom stereocenters. The smallest absolute Gasteiger partial charge is 0.353 e. The first-order valence-electron chi connectivity index (χ1n) is 11.2. The average Bonchev–Trinajstić information content (AvgIpc) is 3.16. The maximum Gasteiger partial charge on any atom is 0.353 e. The van der Waals surface area contributed by atoms with Crippen LogP contribution in [0, 0.1) is 0 Å². The summed E-state index contributed by atoms with van der Waals surface area (Å²) in [4.78, 5) is 61.3. The molecule has 0 aliphatic carbocycles. The molecule has 2 aromatic rings. The average molecular weight is 537 g/mol. The molecule has 1 fully saturated rings. The summed E-state index contributed by atoms with van der Waals surface area (Å²) in [6, 6.07) is 7.56. The molecule has 1 saturated heterocycles. The van der Waals surface area contributed by atoms with Crippen LogP contribution in [-0.4, -0.2) is 75.4 Å². The molecular weight excluding hydrogens is 508 g/mol. The number of amides is 1. The number of ether oxygens (including phenoxy) is 4. The predicted octanol–water partition coefficient (Wildman–Crippen LogP) is 0.585. The summed E-state index contributed by atoms with van der Waals surface area (Å²) in [5.41, 5.74) is -0.0598. The highest BCUT2D eigenvalue weighted by atomic mass is 32.2. The molecule has 3 rings (SSSR count). The van der Waals surface area contributed by atoms with E-state index in [0.717, 1.165) is 18.5 Å². The molecule has 1 aliphatic rings. The Morgan fingerprint density at radius 3 is 2.16 bits per heavy atom. The molecule has 1 aliphatic heterocycles. The predicted molar refractivity (Wildman–Crippen MR) is 129 cm³/mol. The number of para-hydroxylation sites is 1. The lowest BCUT2D eigenvalue weighted by Crippen LogP contribution is -2.65. The number of nitrogens with zero attached hydrogens (tertiary/aromatic N) is 3. The van der Waals surface area contributed by atoms with E-state index in [9.17, 15) is 24.0 Å². The third-order valence-corrected chi connectivity index (χ3v) is 5.93. The Morgan fingerprint density at radius 1 is 1.00 bits per heavy atom. The van der Waals surface area contributed by atoms with E-state index in [4.69, 9.17) is 18.9 Å². The highest BCUT2D eigenvalue weighted by molar-refractivity contribution is 7.98. The molecule has 1 N–H and O–H groups in total. The van der Waals surface area contributed by atoms with Crippen molar-refractivity contribution in [2.75, 3.05) is 12.9 Å². The normalized spacial score (nSPS) is 23.1. The van der Waals surface area contributed by atoms with Gasteiger partial charge in [0, 0.05) is 27.7 Å². The van der Waals surface area contributed by atoms with Crippen LogP contribution in [0.1, 0.15) is 33.9 Å². The number of benzene rings is 1. The third kappa shape index (κ3) is 6.57. The van der Waals surface area contributed by atoms with Crippen LogP contribution in [0.2, 0.25) is 0 Å². The van der Waals surface area contributed by atoms with Gasteiger partial charge in [-0.3, -0.25) is 19.2 Å². The summed E-state index contributed by atoms with van der Waals surface area (Å²) in [6.07, 6.45) is -3.35. The zero-order valence-corrected chi connectivity index (χ0v) is 21.7. The van der Waals surface area contributed by atoms with Gasteiger partial charge in [0.15, 0.2) is 23.6 Å². The van der Waals surface area contributed by atoms with E-state index in [2.05, 4.69) is 10.4 Å². The van der Waals surface area contributed by atoms with E-state index in [1.807, 2.05) is 0 Å². The van der Waals surface area contributed by atoms with Crippen molar-refractivity contribution < 1.29 is 38.1 Å². The van der Waals surface area contributed by atoms with Crippen molar-refractivity contribution in [1.82, 2.24) is 19.7 Å². The first-order valence-corrected chi connectivity index (χ1v) is 12.5. The van der Waals surface area contributed by atoms with Crippen LogP contribution >= 0.6 is 11.8 Å². The van der Waals surface area contributed by atoms with E-state index in [1.165, 1.54) is 30.2 Å². The number of carbonyl (C=O) groups is 4. The van der Waals surface area contributed by atoms with Gasteiger partial charge in [-0.2, -0.15) is 4.68 Å². The molecule has 14 heteroatoms. The van der Waals surface area contributed by atoms with Crippen molar-refractivity contribution in [3.05, 3.63) is 40.8 Å². The molecule has 1 amide bonds. The van der Waals surface area contributed by atoms with E-state index < -0.39 is 66.7 Å². The van der Waals surface area contributed by atoms with Gasteiger partial charge < -0.3 is 24.3 Å². The Labute approximate surface area is 216 Å². The molecule has 2 heterocycles. The number of thioether (sulfide) groups is 1. The molecule has 0 spiro atoms. The molecule has 1 aromatic heterocycles. The van der Waals surface area contributed by atoms with Gasteiger partial charge in [0.2, 0.25) is 5.91 Å². The van der Waals surface area contributed by atoms with Crippen LogP contribution in [-0.2, 0) is 38.1 Å². The number of hydrogen-bond acceptors (Lipinski definition) is 11. The molecule has 0 bridgehead atoms. The fourth-order valence-electron chi connectivity index (χ4n) is 3.98. The molecule has 37 heavy (non-hydrogen) atoms. The van der Waals surface area contributed by atoms with Crippen molar-refractivity contribution in [3.63, 3.8) is 0 Å². The molecule has 1 aromatic carbocycles. The number of nitrogens with one attached hydrogen (secondary N) is 1. The zero-order valence-electron chi connectivity index (χ0n) is 20.9.